The maximum absolute atomic E-state index is 11.8. The van der Waals surface area contributed by atoms with E-state index in [2.05, 4.69) is 15.7 Å². The molecule has 1 aromatic heterocycles. The molecule has 1 aliphatic heterocycles. The van der Waals surface area contributed by atoms with Crippen molar-refractivity contribution in [3.63, 3.8) is 0 Å². The molecule has 0 atom stereocenters. The molecule has 17 heavy (non-hydrogen) atoms. The normalized spacial score (nSPS) is 17.0. The quantitative estimate of drug-likeness (QED) is 0.826. The third-order valence-electron chi connectivity index (χ3n) is 3.16. The summed E-state index contributed by atoms with van der Waals surface area (Å²) in [7, 11) is 0. The molecule has 1 saturated heterocycles. The lowest BCUT2D eigenvalue weighted by molar-refractivity contribution is -0.117. The maximum Gasteiger partial charge on any atom is 0.225 e. The van der Waals surface area contributed by atoms with Crippen LogP contribution < -0.4 is 10.6 Å². The van der Waals surface area contributed by atoms with Crippen LogP contribution in [0.4, 0.5) is 5.82 Å². The molecule has 0 unspecified atom stereocenters. The van der Waals surface area contributed by atoms with Gasteiger partial charge in [-0.15, -0.1) is 0 Å². The summed E-state index contributed by atoms with van der Waals surface area (Å²) in [6, 6.07) is 1.84. The Morgan fingerprint density at radius 3 is 3.00 bits per heavy atom. The minimum atomic E-state index is 0.0817. The highest BCUT2D eigenvalue weighted by atomic mass is 16.1. The summed E-state index contributed by atoms with van der Waals surface area (Å²) in [6.45, 7) is 4.91. The lowest BCUT2D eigenvalue weighted by Crippen LogP contribution is -2.30. The van der Waals surface area contributed by atoms with Crippen molar-refractivity contribution in [3.05, 3.63) is 12.3 Å². The number of hydrogen-bond acceptors (Lipinski definition) is 3. The molecule has 0 bridgehead atoms. The molecule has 1 fully saturated rings. The highest BCUT2D eigenvalue weighted by Gasteiger charge is 2.17. The second-order valence-electron chi connectivity index (χ2n) is 4.50. The monoisotopic (exact) mass is 236 g/mol. The van der Waals surface area contributed by atoms with Crippen molar-refractivity contribution in [1.82, 2.24) is 15.1 Å². The van der Waals surface area contributed by atoms with Gasteiger partial charge in [0.2, 0.25) is 5.91 Å². The van der Waals surface area contributed by atoms with Crippen molar-refractivity contribution in [2.24, 2.45) is 5.92 Å². The van der Waals surface area contributed by atoms with Crippen LogP contribution in [-0.4, -0.2) is 28.8 Å². The van der Waals surface area contributed by atoms with Crippen molar-refractivity contribution in [2.45, 2.75) is 32.7 Å². The van der Waals surface area contributed by atoms with E-state index in [1.807, 2.05) is 19.2 Å². The Balaban J connectivity index is 1.79. The van der Waals surface area contributed by atoms with Crippen molar-refractivity contribution in [2.75, 3.05) is 18.4 Å². The summed E-state index contributed by atoms with van der Waals surface area (Å²) < 4.78 is 1.81. The van der Waals surface area contributed by atoms with Crippen LogP contribution in [0, 0.1) is 5.92 Å². The predicted molar refractivity (Wildman–Crippen MR) is 66.7 cm³/mol. The molecule has 0 aliphatic carbocycles. The topological polar surface area (TPSA) is 59.0 Å². The first kappa shape index (κ1) is 12.1. The Labute approximate surface area is 102 Å². The number of carbonyl (C=O) groups is 1. The molecule has 94 valence electrons. The zero-order valence-corrected chi connectivity index (χ0v) is 10.3. The Hall–Kier alpha value is -1.36. The van der Waals surface area contributed by atoms with Crippen LogP contribution in [0.3, 0.4) is 0 Å². The fraction of sp³-hybridized carbons (Fsp3) is 0.667. The summed E-state index contributed by atoms with van der Waals surface area (Å²) in [6.07, 6.45) is 4.68. The van der Waals surface area contributed by atoms with Gasteiger partial charge in [-0.25, -0.2) is 0 Å². The molecule has 1 aromatic rings. The number of aryl methyl sites for hydroxylation is 1. The van der Waals surface area contributed by atoms with Gasteiger partial charge in [-0.1, -0.05) is 0 Å². The highest BCUT2D eigenvalue weighted by Crippen LogP contribution is 2.16. The SMILES string of the molecule is CCn1ccc(NC(=O)CC2CCNCC2)n1. The fourth-order valence-electron chi connectivity index (χ4n) is 2.15. The van der Waals surface area contributed by atoms with Gasteiger partial charge in [0, 0.05) is 25.2 Å². The first-order valence-corrected chi connectivity index (χ1v) is 6.32. The molecule has 5 heteroatoms. The number of amides is 1. The van der Waals surface area contributed by atoms with Crippen LogP contribution >= 0.6 is 0 Å². The molecule has 0 aromatic carbocycles. The van der Waals surface area contributed by atoms with Crippen LogP contribution in [0.25, 0.3) is 0 Å². The summed E-state index contributed by atoms with van der Waals surface area (Å²) in [5.74, 6) is 1.26. The number of rotatable bonds is 4. The van der Waals surface area contributed by atoms with Gasteiger partial charge in [0.25, 0.3) is 0 Å². The molecule has 1 aliphatic rings. The highest BCUT2D eigenvalue weighted by molar-refractivity contribution is 5.89. The summed E-state index contributed by atoms with van der Waals surface area (Å²) in [4.78, 5) is 11.8. The summed E-state index contributed by atoms with van der Waals surface area (Å²) in [5, 5.41) is 10.4. The minimum absolute atomic E-state index is 0.0817. The molecule has 0 radical (unpaired) electrons. The molecular formula is C12H20N4O. The predicted octanol–water partition coefficient (Wildman–Crippen LogP) is 1.23. The average molecular weight is 236 g/mol. The lowest BCUT2D eigenvalue weighted by atomic mass is 9.94. The molecule has 2 rings (SSSR count). The molecule has 2 N–H and O–H groups in total. The zero-order chi connectivity index (χ0) is 12.1. The van der Waals surface area contributed by atoms with E-state index in [1.54, 1.807) is 4.68 Å². The summed E-state index contributed by atoms with van der Waals surface area (Å²) in [5.41, 5.74) is 0. The molecule has 0 spiro atoms. The molecule has 1 amide bonds. The van der Waals surface area contributed by atoms with Gasteiger partial charge in [0.1, 0.15) is 0 Å². The second kappa shape index (κ2) is 5.82. The van der Waals surface area contributed by atoms with E-state index in [9.17, 15) is 4.79 Å². The van der Waals surface area contributed by atoms with Crippen molar-refractivity contribution >= 4 is 11.7 Å². The number of aromatic nitrogens is 2. The van der Waals surface area contributed by atoms with E-state index in [-0.39, 0.29) is 5.91 Å². The largest absolute Gasteiger partial charge is 0.317 e. The third kappa shape index (κ3) is 3.56. The third-order valence-corrected chi connectivity index (χ3v) is 3.16. The van der Waals surface area contributed by atoms with Gasteiger partial charge in [0.15, 0.2) is 5.82 Å². The zero-order valence-electron chi connectivity index (χ0n) is 10.3. The van der Waals surface area contributed by atoms with E-state index >= 15 is 0 Å². The smallest absolute Gasteiger partial charge is 0.225 e. The van der Waals surface area contributed by atoms with Gasteiger partial charge < -0.3 is 10.6 Å². The van der Waals surface area contributed by atoms with Gasteiger partial charge in [-0.3, -0.25) is 9.48 Å². The standard InChI is InChI=1S/C12H20N4O/c1-2-16-8-5-11(15-16)14-12(17)9-10-3-6-13-7-4-10/h5,8,10,13H,2-4,6-7,9H2,1H3,(H,14,15,17). The van der Waals surface area contributed by atoms with E-state index in [4.69, 9.17) is 0 Å². The van der Waals surface area contributed by atoms with Crippen LogP contribution in [-0.2, 0) is 11.3 Å². The summed E-state index contributed by atoms with van der Waals surface area (Å²) >= 11 is 0. The van der Waals surface area contributed by atoms with Crippen LogP contribution in [0.5, 0.6) is 0 Å². The van der Waals surface area contributed by atoms with E-state index < -0.39 is 0 Å². The van der Waals surface area contributed by atoms with E-state index in [0.29, 0.717) is 18.2 Å². The number of nitrogens with one attached hydrogen (secondary N) is 2. The number of hydrogen-bond donors (Lipinski definition) is 2. The lowest BCUT2D eigenvalue weighted by Gasteiger charge is -2.21. The molecule has 2 heterocycles. The minimum Gasteiger partial charge on any atom is -0.317 e. The molecule has 5 nitrogen and oxygen atoms in total. The number of carbonyl (C=O) groups excluding carboxylic acids is 1. The van der Waals surface area contributed by atoms with Crippen LogP contribution in [0.2, 0.25) is 0 Å². The Bertz CT molecular complexity index is 368. The first-order valence-electron chi connectivity index (χ1n) is 6.32. The van der Waals surface area contributed by atoms with Gasteiger partial charge in [-0.2, -0.15) is 5.10 Å². The van der Waals surface area contributed by atoms with Crippen LogP contribution in [0.1, 0.15) is 26.2 Å². The van der Waals surface area contributed by atoms with Crippen LogP contribution in [0.15, 0.2) is 12.3 Å². The van der Waals surface area contributed by atoms with Crippen molar-refractivity contribution < 1.29 is 4.79 Å². The van der Waals surface area contributed by atoms with Gasteiger partial charge >= 0.3 is 0 Å². The molecule has 0 saturated carbocycles. The Kier molecular flexibility index (Phi) is 4.14. The number of piperidine rings is 1. The van der Waals surface area contributed by atoms with Gasteiger partial charge in [0.05, 0.1) is 0 Å². The van der Waals surface area contributed by atoms with Gasteiger partial charge in [-0.05, 0) is 38.8 Å². The maximum atomic E-state index is 11.8. The Morgan fingerprint density at radius 1 is 1.59 bits per heavy atom. The van der Waals surface area contributed by atoms with E-state index in [0.717, 1.165) is 32.5 Å². The second-order valence-corrected chi connectivity index (χ2v) is 4.50. The number of nitrogens with zero attached hydrogens (tertiary/aromatic N) is 2. The molecular weight excluding hydrogens is 216 g/mol. The first-order chi connectivity index (χ1) is 8.28. The number of anilines is 1. The van der Waals surface area contributed by atoms with E-state index in [1.165, 1.54) is 0 Å². The average Bonchev–Trinajstić information content (AvgIpc) is 2.78. The van der Waals surface area contributed by atoms with Crippen molar-refractivity contribution in [3.8, 4) is 0 Å². The van der Waals surface area contributed by atoms with Crippen molar-refractivity contribution in [1.29, 1.82) is 0 Å². The fourth-order valence-corrected chi connectivity index (χ4v) is 2.15. The Morgan fingerprint density at radius 2 is 2.35 bits per heavy atom.